The molecule has 0 N–H and O–H groups in total. The Kier molecular flexibility index (Phi) is 0.923. The molecule has 7 heavy (non-hydrogen) atoms. The van der Waals surface area contributed by atoms with Crippen LogP contribution < -0.4 is 0 Å². The predicted octanol–water partition coefficient (Wildman–Crippen LogP) is 2.89. The molecule has 0 aromatic heterocycles. The van der Waals surface area contributed by atoms with Crippen molar-refractivity contribution in [2.75, 3.05) is 0 Å². The summed E-state index contributed by atoms with van der Waals surface area (Å²) in [6.07, 6.45) is 0. The summed E-state index contributed by atoms with van der Waals surface area (Å²) in [5, 5.41) is 0. The van der Waals surface area contributed by atoms with Crippen molar-refractivity contribution in [1.29, 1.82) is 0 Å². The van der Waals surface area contributed by atoms with E-state index in [9.17, 15) is 0 Å². The molecule has 38 valence electrons. The fourth-order valence-corrected chi connectivity index (χ4v) is 26.1. The molecule has 0 spiro atoms. The average molecular weight is 184 g/mol. The van der Waals surface area contributed by atoms with Crippen LogP contribution in [0.3, 0.4) is 0 Å². The third-order valence-corrected chi connectivity index (χ3v) is 23.4. The van der Waals surface area contributed by atoms with Crippen LogP contribution in [-0.4, -0.2) is 4.64 Å². The lowest BCUT2D eigenvalue weighted by molar-refractivity contribution is 1.38. The van der Waals surface area contributed by atoms with Crippen molar-refractivity contribution in [3.05, 3.63) is 0 Å². The third kappa shape index (κ3) is 0.506. The summed E-state index contributed by atoms with van der Waals surface area (Å²) in [5.74, 6) is 0.390. The Labute approximate surface area is 52.8 Å². The maximum Gasteiger partial charge on any atom is 0.110 e. The minimum atomic E-state index is 0.390. The first kappa shape index (κ1) is 5.15. The molecule has 0 nitrogen and oxygen atoms in total. The summed E-state index contributed by atoms with van der Waals surface area (Å²) >= 11 is 4.88. The van der Waals surface area contributed by atoms with E-state index in [-0.39, 0.29) is 0 Å². The minimum Gasteiger partial charge on any atom is -0.0490 e. The van der Waals surface area contributed by atoms with Crippen LogP contribution in [0.4, 0.5) is 0 Å². The number of rotatable bonds is 0. The van der Waals surface area contributed by atoms with Gasteiger partial charge in [-0.1, -0.05) is 0 Å². The Morgan fingerprint density at radius 1 is 1.86 bits per heavy atom. The van der Waals surface area contributed by atoms with Crippen molar-refractivity contribution in [1.82, 2.24) is 0 Å². The molecule has 0 bridgehead atoms. The number of hydrogen-bond acceptors (Lipinski definition) is 1. The summed E-state index contributed by atoms with van der Waals surface area (Å²) in [4.78, 5) is 0. The van der Waals surface area contributed by atoms with Crippen molar-refractivity contribution in [3.63, 3.8) is 0 Å². The minimum absolute atomic E-state index is 0.390. The Hall–Kier alpha value is 1.34. The van der Waals surface area contributed by atoms with Crippen LogP contribution in [0, 0.1) is 0 Å². The second kappa shape index (κ2) is 1.25. The van der Waals surface area contributed by atoms with E-state index in [1.165, 1.54) is 0 Å². The van der Waals surface area contributed by atoms with Crippen LogP contribution in [0.15, 0.2) is 0 Å². The zero-order valence-electron chi connectivity index (χ0n) is 3.66. The van der Waals surface area contributed by atoms with Gasteiger partial charge in [0.15, 0.2) is 0 Å². The van der Waals surface area contributed by atoms with Gasteiger partial charge in [-0.05, 0) is 48.0 Å². The van der Waals surface area contributed by atoms with Crippen LogP contribution in [0.25, 0.3) is 0 Å². The van der Waals surface area contributed by atoms with E-state index >= 15 is 0 Å². The van der Waals surface area contributed by atoms with E-state index in [4.69, 9.17) is 11.2 Å². The van der Waals surface area contributed by atoms with Gasteiger partial charge in [-0.15, -0.1) is 0 Å². The smallest absolute Gasteiger partial charge is 0.0490 e. The van der Waals surface area contributed by atoms with Crippen LogP contribution in [0.1, 0.15) is 6.92 Å². The molecule has 2 aliphatic rings. The second-order valence-electron chi connectivity index (χ2n) is 1.71. The highest BCUT2D eigenvalue weighted by atomic mass is 33.0. The highest BCUT2D eigenvalue weighted by molar-refractivity contribution is 8.63. The monoisotopic (exact) mass is 184 g/mol. The molecule has 2 aliphatic heterocycles. The molecule has 0 aromatic carbocycles. The van der Waals surface area contributed by atoms with Crippen molar-refractivity contribution in [2.45, 2.75) is 11.6 Å². The number of hydrogen-bond donors (Lipinski definition) is 0. The molecule has 3 atom stereocenters. The lowest BCUT2D eigenvalue weighted by Gasteiger charge is -1.76. The normalized spacial score (nSPS) is 54.4. The van der Waals surface area contributed by atoms with Gasteiger partial charge in [0.1, 0.15) is 4.64 Å². The zero-order chi connectivity index (χ0) is 5.07. The molecule has 0 amide bonds. The molecular formula is C2H3P3S2. The van der Waals surface area contributed by atoms with Gasteiger partial charge < -0.3 is 0 Å². The van der Waals surface area contributed by atoms with Gasteiger partial charge in [-0.2, -0.15) is 0 Å². The van der Waals surface area contributed by atoms with Crippen molar-refractivity contribution >= 4 is 41.0 Å². The van der Waals surface area contributed by atoms with Gasteiger partial charge in [0.05, 0.1) is 0 Å². The van der Waals surface area contributed by atoms with Gasteiger partial charge >= 0.3 is 0 Å². The predicted molar refractivity (Wildman–Crippen MR) is 43.9 cm³/mol. The molecule has 0 aliphatic carbocycles. The maximum atomic E-state index is 4.88. The average Bonchev–Trinajstić information content (AvgIpc) is 2.28. The SMILES string of the molecule is CC12P=P1=P2=S=S. The fourth-order valence-electron chi connectivity index (χ4n) is 0.553. The quantitative estimate of drug-likeness (QED) is 0.521. The summed E-state index contributed by atoms with van der Waals surface area (Å²) in [6.45, 7) is 2.93. The standard InChI is InChI=1S/C2H3P3S2/c1-2-3-4(2)5(2)7-6/h1H3. The largest absolute Gasteiger partial charge is 0.110 e. The molecule has 2 rings (SSSR count). The number of fused-ring (bicyclic) bond motifs is 1. The Bertz CT molecular complexity index is 297. The van der Waals surface area contributed by atoms with E-state index in [2.05, 4.69) is 6.92 Å². The molecule has 0 saturated heterocycles. The highest BCUT2D eigenvalue weighted by Gasteiger charge is 2.51. The van der Waals surface area contributed by atoms with Gasteiger partial charge in [-0.3, -0.25) is 0 Å². The topological polar surface area (TPSA) is 0 Å². The van der Waals surface area contributed by atoms with E-state index in [0.717, 1.165) is 4.64 Å². The summed E-state index contributed by atoms with van der Waals surface area (Å²) in [5.41, 5.74) is 0. The molecule has 0 aromatic rings. The Morgan fingerprint density at radius 2 is 2.43 bits per heavy atom. The summed E-state index contributed by atoms with van der Waals surface area (Å²) < 4.78 is 0.844. The van der Waals surface area contributed by atoms with Gasteiger partial charge in [0, 0.05) is 0 Å². The first-order chi connectivity index (χ1) is 3.29. The van der Waals surface area contributed by atoms with Gasteiger partial charge in [0.2, 0.25) is 0 Å². The van der Waals surface area contributed by atoms with E-state index in [1.807, 2.05) is 0 Å². The van der Waals surface area contributed by atoms with Crippen LogP contribution in [0.2, 0.25) is 0 Å². The molecular weight excluding hydrogens is 181 g/mol. The van der Waals surface area contributed by atoms with Crippen molar-refractivity contribution in [2.24, 2.45) is 0 Å². The summed E-state index contributed by atoms with van der Waals surface area (Å²) in [7, 11) is 3.47. The molecule has 0 fully saturated rings. The van der Waals surface area contributed by atoms with Crippen molar-refractivity contribution < 1.29 is 0 Å². The van der Waals surface area contributed by atoms with E-state index in [1.54, 1.807) is 17.4 Å². The first-order valence-electron chi connectivity index (χ1n) is 1.92. The van der Waals surface area contributed by atoms with Crippen LogP contribution in [0.5, 0.6) is 0 Å². The molecule has 2 heterocycles. The lowest BCUT2D eigenvalue weighted by atomic mass is 10.9. The second-order valence-corrected chi connectivity index (χ2v) is 15.8. The highest BCUT2D eigenvalue weighted by Crippen LogP contribution is 2.96. The van der Waals surface area contributed by atoms with Gasteiger partial charge in [-0.25, -0.2) is 0 Å². The van der Waals surface area contributed by atoms with Gasteiger partial charge in [0.25, 0.3) is 0 Å². The maximum absolute atomic E-state index is 4.88. The fraction of sp³-hybridized carbons (Fsp3) is 1.00. The van der Waals surface area contributed by atoms with Crippen LogP contribution in [-0.2, 0) is 20.7 Å². The Balaban J connectivity index is 2.90. The molecule has 5 heteroatoms. The zero-order valence-corrected chi connectivity index (χ0v) is 7.97. The summed E-state index contributed by atoms with van der Waals surface area (Å²) in [6, 6.07) is 0. The van der Waals surface area contributed by atoms with Crippen LogP contribution >= 0.6 is 20.3 Å². The Morgan fingerprint density at radius 3 is 2.43 bits per heavy atom. The lowest BCUT2D eigenvalue weighted by Crippen LogP contribution is -1.68. The third-order valence-electron chi connectivity index (χ3n) is 1.19. The van der Waals surface area contributed by atoms with E-state index in [0.29, 0.717) is 12.5 Å². The molecule has 0 saturated carbocycles. The van der Waals surface area contributed by atoms with Crippen molar-refractivity contribution in [3.8, 4) is 0 Å². The molecule has 0 radical (unpaired) electrons. The molecule has 3 unspecified atom stereocenters. The van der Waals surface area contributed by atoms with E-state index < -0.39 is 0 Å². The first-order valence-corrected chi connectivity index (χ1v) is 9.26.